The van der Waals surface area contributed by atoms with Crippen molar-refractivity contribution in [2.75, 3.05) is 14.1 Å². The zero-order valence-electron chi connectivity index (χ0n) is 8.87. The average Bonchev–Trinajstić information content (AvgIpc) is 2.43. The number of hydrogen-bond acceptors (Lipinski definition) is 3. The summed E-state index contributed by atoms with van der Waals surface area (Å²) >= 11 is 0. The minimum absolute atomic E-state index is 0.0509. The van der Waals surface area contributed by atoms with Gasteiger partial charge in [-0.3, -0.25) is 4.79 Å². The van der Waals surface area contributed by atoms with E-state index in [0.717, 1.165) is 17.0 Å². The largest absolute Gasteiger partial charge is 0.361 e. The van der Waals surface area contributed by atoms with E-state index < -0.39 is 0 Å². The van der Waals surface area contributed by atoms with Gasteiger partial charge in [-0.1, -0.05) is 5.16 Å². The van der Waals surface area contributed by atoms with E-state index in [4.69, 9.17) is 4.52 Å². The highest BCUT2D eigenvalue weighted by atomic mass is 16.5. The molecule has 76 valence electrons. The molecule has 1 aromatic heterocycles. The Morgan fingerprint density at radius 1 is 1.43 bits per heavy atom. The number of likely N-dealkylation sites (N-methyl/N-ethyl adjacent to an activating group) is 1. The van der Waals surface area contributed by atoms with Crippen molar-refractivity contribution in [3.05, 3.63) is 23.1 Å². The second-order valence-corrected chi connectivity index (χ2v) is 3.30. The molecular weight excluding hydrogens is 180 g/mol. The Morgan fingerprint density at radius 2 is 2.07 bits per heavy atom. The van der Waals surface area contributed by atoms with Crippen molar-refractivity contribution in [3.8, 4) is 0 Å². The predicted octanol–water partition coefficient (Wildman–Crippen LogP) is 1.39. The first-order valence-electron chi connectivity index (χ1n) is 4.34. The first-order chi connectivity index (χ1) is 6.52. The lowest BCUT2D eigenvalue weighted by molar-refractivity contribution is -0.123. The Kier molecular flexibility index (Phi) is 3.06. The molecule has 0 saturated heterocycles. The molecule has 0 spiro atoms. The Bertz CT molecular complexity index is 345. The van der Waals surface area contributed by atoms with Gasteiger partial charge in [-0.15, -0.1) is 0 Å². The van der Waals surface area contributed by atoms with E-state index >= 15 is 0 Å². The summed E-state index contributed by atoms with van der Waals surface area (Å²) in [6.07, 6.45) is 3.23. The summed E-state index contributed by atoms with van der Waals surface area (Å²) in [6, 6.07) is 0. The third-order valence-corrected chi connectivity index (χ3v) is 1.92. The van der Waals surface area contributed by atoms with E-state index in [1.165, 1.54) is 11.0 Å². The maximum Gasteiger partial charge on any atom is 0.246 e. The highest BCUT2D eigenvalue weighted by Crippen LogP contribution is 2.13. The Labute approximate surface area is 83.2 Å². The Morgan fingerprint density at radius 3 is 2.50 bits per heavy atom. The standard InChI is InChI=1S/C10H14N2O2/c1-7-9(8(2)14-11-7)5-6-10(13)12(3)4/h5-6H,1-4H3/b6-5+. The van der Waals surface area contributed by atoms with Crippen LogP contribution in [0.3, 0.4) is 0 Å². The lowest BCUT2D eigenvalue weighted by atomic mass is 10.2. The van der Waals surface area contributed by atoms with Crippen LogP contribution in [0.4, 0.5) is 0 Å². The van der Waals surface area contributed by atoms with E-state index in [1.807, 2.05) is 13.8 Å². The quantitative estimate of drug-likeness (QED) is 0.668. The zero-order valence-corrected chi connectivity index (χ0v) is 8.87. The van der Waals surface area contributed by atoms with Crippen LogP contribution in [0, 0.1) is 13.8 Å². The number of aryl methyl sites for hydroxylation is 2. The Hall–Kier alpha value is -1.58. The summed E-state index contributed by atoms with van der Waals surface area (Å²) < 4.78 is 4.96. The van der Waals surface area contributed by atoms with Gasteiger partial charge in [0.15, 0.2) is 0 Å². The number of carbonyl (C=O) groups is 1. The molecule has 0 saturated carbocycles. The summed E-state index contributed by atoms with van der Waals surface area (Å²) in [5.41, 5.74) is 1.67. The van der Waals surface area contributed by atoms with Crippen LogP contribution in [-0.2, 0) is 4.79 Å². The predicted molar refractivity (Wildman–Crippen MR) is 53.7 cm³/mol. The average molecular weight is 194 g/mol. The first-order valence-corrected chi connectivity index (χ1v) is 4.34. The van der Waals surface area contributed by atoms with Crippen molar-refractivity contribution in [2.45, 2.75) is 13.8 Å². The fraction of sp³-hybridized carbons (Fsp3) is 0.400. The van der Waals surface area contributed by atoms with Gasteiger partial charge in [-0.05, 0) is 19.9 Å². The molecule has 0 atom stereocenters. The van der Waals surface area contributed by atoms with Crippen LogP contribution in [0.5, 0.6) is 0 Å². The molecule has 0 radical (unpaired) electrons. The van der Waals surface area contributed by atoms with Crippen LogP contribution in [0.15, 0.2) is 10.6 Å². The number of hydrogen-bond donors (Lipinski definition) is 0. The topological polar surface area (TPSA) is 46.3 Å². The van der Waals surface area contributed by atoms with Crippen molar-refractivity contribution in [1.29, 1.82) is 0 Å². The molecule has 14 heavy (non-hydrogen) atoms. The summed E-state index contributed by atoms with van der Waals surface area (Å²) in [4.78, 5) is 12.8. The molecule has 1 aromatic rings. The van der Waals surface area contributed by atoms with Crippen molar-refractivity contribution >= 4 is 12.0 Å². The number of rotatable bonds is 2. The molecular formula is C10H14N2O2. The monoisotopic (exact) mass is 194 g/mol. The van der Waals surface area contributed by atoms with E-state index in [1.54, 1.807) is 20.2 Å². The third-order valence-electron chi connectivity index (χ3n) is 1.92. The van der Waals surface area contributed by atoms with Gasteiger partial charge in [0.1, 0.15) is 5.76 Å². The van der Waals surface area contributed by atoms with E-state index in [2.05, 4.69) is 5.16 Å². The number of aromatic nitrogens is 1. The molecule has 0 bridgehead atoms. The summed E-state index contributed by atoms with van der Waals surface area (Å²) in [7, 11) is 3.42. The highest BCUT2D eigenvalue weighted by Gasteiger charge is 2.05. The zero-order chi connectivity index (χ0) is 10.7. The molecule has 0 aliphatic heterocycles. The van der Waals surface area contributed by atoms with Gasteiger partial charge in [0, 0.05) is 25.7 Å². The molecule has 0 aliphatic carbocycles. The molecule has 0 aromatic carbocycles. The minimum Gasteiger partial charge on any atom is -0.361 e. The van der Waals surface area contributed by atoms with Crippen LogP contribution in [0.2, 0.25) is 0 Å². The first kappa shape index (κ1) is 10.5. The fourth-order valence-electron chi connectivity index (χ4n) is 1.03. The maximum atomic E-state index is 11.2. The van der Waals surface area contributed by atoms with Crippen LogP contribution < -0.4 is 0 Å². The lowest BCUT2D eigenvalue weighted by Gasteiger charge is -2.04. The second-order valence-electron chi connectivity index (χ2n) is 3.30. The molecule has 1 heterocycles. The molecule has 1 amide bonds. The normalized spacial score (nSPS) is 10.9. The van der Waals surface area contributed by atoms with E-state index in [9.17, 15) is 4.79 Å². The Balaban J connectivity index is 2.83. The van der Waals surface area contributed by atoms with Crippen LogP contribution >= 0.6 is 0 Å². The van der Waals surface area contributed by atoms with E-state index in [0.29, 0.717) is 0 Å². The maximum absolute atomic E-state index is 11.2. The SMILES string of the molecule is Cc1noc(C)c1/C=C/C(=O)N(C)C. The fourth-order valence-corrected chi connectivity index (χ4v) is 1.03. The van der Waals surface area contributed by atoms with Gasteiger partial charge >= 0.3 is 0 Å². The summed E-state index contributed by atoms with van der Waals surface area (Å²) in [5.74, 6) is 0.676. The number of nitrogens with zero attached hydrogens (tertiary/aromatic N) is 2. The van der Waals surface area contributed by atoms with Crippen LogP contribution in [0.25, 0.3) is 6.08 Å². The summed E-state index contributed by atoms with van der Waals surface area (Å²) in [5, 5.41) is 3.79. The van der Waals surface area contributed by atoms with Gasteiger partial charge in [0.25, 0.3) is 0 Å². The molecule has 4 nitrogen and oxygen atoms in total. The number of amides is 1. The lowest BCUT2D eigenvalue weighted by Crippen LogP contribution is -2.18. The minimum atomic E-state index is -0.0509. The second kappa shape index (κ2) is 4.09. The van der Waals surface area contributed by atoms with Crippen molar-refractivity contribution in [3.63, 3.8) is 0 Å². The smallest absolute Gasteiger partial charge is 0.246 e. The third kappa shape index (κ3) is 2.22. The highest BCUT2D eigenvalue weighted by molar-refractivity contribution is 5.91. The molecule has 1 rings (SSSR count). The molecule has 0 aliphatic rings. The van der Waals surface area contributed by atoms with Crippen molar-refractivity contribution in [1.82, 2.24) is 10.1 Å². The molecule has 0 fully saturated rings. The van der Waals surface area contributed by atoms with Crippen LogP contribution in [0.1, 0.15) is 17.0 Å². The number of carbonyl (C=O) groups excluding carboxylic acids is 1. The van der Waals surface area contributed by atoms with Gasteiger partial charge in [0.05, 0.1) is 5.69 Å². The summed E-state index contributed by atoms with van der Waals surface area (Å²) in [6.45, 7) is 3.66. The molecule has 0 unspecified atom stereocenters. The van der Waals surface area contributed by atoms with Gasteiger partial charge in [0.2, 0.25) is 5.91 Å². The van der Waals surface area contributed by atoms with Gasteiger partial charge in [-0.2, -0.15) is 0 Å². The molecule has 4 heteroatoms. The molecule has 0 N–H and O–H groups in total. The van der Waals surface area contributed by atoms with Crippen LogP contribution in [-0.4, -0.2) is 30.1 Å². The van der Waals surface area contributed by atoms with E-state index in [-0.39, 0.29) is 5.91 Å². The van der Waals surface area contributed by atoms with Gasteiger partial charge in [-0.25, -0.2) is 0 Å². The van der Waals surface area contributed by atoms with Crippen molar-refractivity contribution < 1.29 is 9.32 Å². The van der Waals surface area contributed by atoms with Gasteiger partial charge < -0.3 is 9.42 Å². The van der Waals surface area contributed by atoms with Crippen molar-refractivity contribution in [2.24, 2.45) is 0 Å².